The van der Waals surface area contributed by atoms with Crippen LogP contribution in [0.4, 0.5) is 0 Å². The molecule has 0 radical (unpaired) electrons. The van der Waals surface area contributed by atoms with Crippen molar-refractivity contribution < 1.29 is 4.74 Å². The molecule has 3 aromatic heterocycles. The van der Waals surface area contributed by atoms with E-state index in [2.05, 4.69) is 38.8 Å². The number of pyridine rings is 2. The van der Waals surface area contributed by atoms with Crippen LogP contribution in [0.5, 0.6) is 5.75 Å². The first-order valence-corrected chi connectivity index (χ1v) is 7.83. The van der Waals surface area contributed by atoms with Crippen molar-refractivity contribution in [3.8, 4) is 17.0 Å². The van der Waals surface area contributed by atoms with Crippen molar-refractivity contribution in [2.24, 2.45) is 0 Å². The minimum atomic E-state index is 0.754. The molecule has 0 aliphatic rings. The third kappa shape index (κ3) is 2.63. The number of hydrogen-bond donors (Lipinski definition) is 0. The molecule has 0 unspecified atom stereocenters. The van der Waals surface area contributed by atoms with Gasteiger partial charge < -0.3 is 9.30 Å². The highest BCUT2D eigenvalue weighted by atomic mass is 16.5. The maximum absolute atomic E-state index is 5.26. The van der Waals surface area contributed by atoms with Crippen molar-refractivity contribution in [1.29, 1.82) is 0 Å². The molecule has 0 amide bonds. The minimum Gasteiger partial charge on any atom is -0.497 e. The van der Waals surface area contributed by atoms with Gasteiger partial charge in [0.1, 0.15) is 11.4 Å². The zero-order valence-electron chi connectivity index (χ0n) is 13.4. The Kier molecular flexibility index (Phi) is 3.71. The second kappa shape index (κ2) is 6.16. The number of benzene rings is 1. The molecule has 0 saturated heterocycles. The van der Waals surface area contributed by atoms with Crippen LogP contribution in [0.3, 0.4) is 0 Å². The number of ether oxygens (including phenoxy) is 1. The molecule has 24 heavy (non-hydrogen) atoms. The van der Waals surface area contributed by atoms with Gasteiger partial charge in [-0.1, -0.05) is 0 Å². The zero-order valence-corrected chi connectivity index (χ0v) is 13.4. The quantitative estimate of drug-likeness (QED) is 0.568. The summed E-state index contributed by atoms with van der Waals surface area (Å²) in [5.41, 5.74) is 4.47. The highest BCUT2D eigenvalue weighted by Gasteiger charge is 2.12. The Bertz CT molecular complexity index is 959. The Labute approximate surface area is 140 Å². The average molecular weight is 315 g/mol. The second-order valence-corrected chi connectivity index (χ2v) is 5.62. The fraction of sp³-hybridized carbons (Fsp3) is 0.100. The number of nitrogens with zero attached hydrogens (tertiary/aromatic N) is 3. The lowest BCUT2D eigenvalue weighted by molar-refractivity contribution is 0.415. The lowest BCUT2D eigenvalue weighted by atomic mass is 10.1. The van der Waals surface area contributed by atoms with Crippen LogP contribution in [0.2, 0.25) is 0 Å². The van der Waals surface area contributed by atoms with Crippen LogP contribution in [-0.4, -0.2) is 21.6 Å². The van der Waals surface area contributed by atoms with E-state index in [1.54, 1.807) is 7.11 Å². The van der Waals surface area contributed by atoms with Gasteiger partial charge in [0.05, 0.1) is 12.8 Å². The largest absolute Gasteiger partial charge is 0.497 e. The Balaban J connectivity index is 1.85. The SMILES string of the molecule is COc1ccc(-c2cc3cccnc3n2Cc2ccncc2)cc1. The van der Waals surface area contributed by atoms with Gasteiger partial charge in [-0.25, -0.2) is 4.98 Å². The second-order valence-electron chi connectivity index (χ2n) is 5.62. The third-order valence-electron chi connectivity index (χ3n) is 4.13. The van der Waals surface area contributed by atoms with Gasteiger partial charge in [0, 0.05) is 30.5 Å². The Morgan fingerprint density at radius 1 is 0.958 bits per heavy atom. The van der Waals surface area contributed by atoms with Crippen molar-refractivity contribution in [2.45, 2.75) is 6.54 Å². The minimum absolute atomic E-state index is 0.754. The van der Waals surface area contributed by atoms with Crippen molar-refractivity contribution in [2.75, 3.05) is 7.11 Å². The van der Waals surface area contributed by atoms with Gasteiger partial charge in [0.15, 0.2) is 0 Å². The van der Waals surface area contributed by atoms with Gasteiger partial charge in [0.2, 0.25) is 0 Å². The van der Waals surface area contributed by atoms with Gasteiger partial charge in [-0.15, -0.1) is 0 Å². The molecule has 0 aliphatic heterocycles. The summed E-state index contributed by atoms with van der Waals surface area (Å²) < 4.78 is 7.51. The fourth-order valence-electron chi connectivity index (χ4n) is 2.92. The van der Waals surface area contributed by atoms with Crippen LogP contribution in [0, 0.1) is 0 Å². The first kappa shape index (κ1) is 14.5. The Morgan fingerprint density at radius 2 is 1.75 bits per heavy atom. The zero-order chi connectivity index (χ0) is 16.4. The lowest BCUT2D eigenvalue weighted by Crippen LogP contribution is -2.02. The van der Waals surface area contributed by atoms with E-state index in [4.69, 9.17) is 4.74 Å². The van der Waals surface area contributed by atoms with Crippen LogP contribution in [0.15, 0.2) is 73.2 Å². The molecule has 0 atom stereocenters. The normalized spacial score (nSPS) is 10.9. The van der Waals surface area contributed by atoms with E-state index < -0.39 is 0 Å². The summed E-state index contributed by atoms with van der Waals surface area (Å²) in [5, 5.41) is 1.14. The standard InChI is InChI=1S/C20H17N3O/c1-24-18-6-4-16(5-7-18)19-13-17-3-2-10-22-20(17)23(19)14-15-8-11-21-12-9-15/h2-13H,14H2,1H3. The third-order valence-corrected chi connectivity index (χ3v) is 4.13. The highest BCUT2D eigenvalue weighted by Crippen LogP contribution is 2.29. The van der Waals surface area contributed by atoms with Crippen molar-refractivity contribution in [3.63, 3.8) is 0 Å². The van der Waals surface area contributed by atoms with Crippen LogP contribution in [0.25, 0.3) is 22.3 Å². The van der Waals surface area contributed by atoms with Crippen molar-refractivity contribution in [1.82, 2.24) is 14.5 Å². The summed E-state index contributed by atoms with van der Waals surface area (Å²) in [5.74, 6) is 0.855. The number of rotatable bonds is 4. The number of methoxy groups -OCH3 is 1. The summed E-state index contributed by atoms with van der Waals surface area (Å²) in [7, 11) is 1.68. The highest BCUT2D eigenvalue weighted by molar-refractivity contribution is 5.84. The summed E-state index contributed by atoms with van der Waals surface area (Å²) >= 11 is 0. The van der Waals surface area contributed by atoms with Gasteiger partial charge in [-0.05, 0) is 65.7 Å². The van der Waals surface area contributed by atoms with E-state index in [1.807, 2.05) is 48.9 Å². The fourth-order valence-corrected chi connectivity index (χ4v) is 2.92. The van der Waals surface area contributed by atoms with Crippen LogP contribution in [0.1, 0.15) is 5.56 Å². The number of hydrogen-bond acceptors (Lipinski definition) is 3. The molecule has 0 bridgehead atoms. The molecular formula is C20H17N3O. The van der Waals surface area contributed by atoms with Crippen LogP contribution in [-0.2, 0) is 6.54 Å². The van der Waals surface area contributed by atoms with E-state index >= 15 is 0 Å². The first-order valence-electron chi connectivity index (χ1n) is 7.83. The van der Waals surface area contributed by atoms with E-state index in [0.29, 0.717) is 0 Å². The Morgan fingerprint density at radius 3 is 2.50 bits per heavy atom. The summed E-state index contributed by atoms with van der Waals surface area (Å²) in [6.45, 7) is 0.754. The molecule has 4 heteroatoms. The maximum atomic E-state index is 5.26. The molecule has 3 heterocycles. The molecule has 0 spiro atoms. The summed E-state index contributed by atoms with van der Waals surface area (Å²) in [4.78, 5) is 8.68. The van der Waals surface area contributed by atoms with Gasteiger partial charge >= 0.3 is 0 Å². The molecule has 4 nitrogen and oxygen atoms in total. The molecule has 4 aromatic rings. The predicted molar refractivity (Wildman–Crippen MR) is 95.1 cm³/mol. The summed E-state index contributed by atoms with van der Waals surface area (Å²) in [6.07, 6.45) is 5.48. The molecule has 0 aliphatic carbocycles. The summed E-state index contributed by atoms with van der Waals surface area (Å²) in [6, 6.07) is 18.4. The van der Waals surface area contributed by atoms with Gasteiger partial charge in [-0.2, -0.15) is 0 Å². The molecule has 0 N–H and O–H groups in total. The smallest absolute Gasteiger partial charge is 0.140 e. The molecular weight excluding hydrogens is 298 g/mol. The van der Waals surface area contributed by atoms with E-state index in [0.717, 1.165) is 34.6 Å². The molecule has 0 saturated carbocycles. The van der Waals surface area contributed by atoms with Gasteiger partial charge in [0.25, 0.3) is 0 Å². The predicted octanol–water partition coefficient (Wildman–Crippen LogP) is 4.16. The molecule has 1 aromatic carbocycles. The van der Waals surface area contributed by atoms with Crippen molar-refractivity contribution >= 4 is 11.0 Å². The topological polar surface area (TPSA) is 39.9 Å². The van der Waals surface area contributed by atoms with Crippen molar-refractivity contribution in [3.05, 3.63) is 78.8 Å². The van der Waals surface area contributed by atoms with Crippen LogP contribution < -0.4 is 4.74 Å². The van der Waals surface area contributed by atoms with E-state index in [1.165, 1.54) is 5.56 Å². The number of aromatic nitrogens is 3. The maximum Gasteiger partial charge on any atom is 0.140 e. The monoisotopic (exact) mass is 315 g/mol. The molecule has 118 valence electrons. The molecule has 0 fully saturated rings. The molecule has 4 rings (SSSR count). The van der Waals surface area contributed by atoms with E-state index in [9.17, 15) is 0 Å². The van der Waals surface area contributed by atoms with Gasteiger partial charge in [-0.3, -0.25) is 4.98 Å². The first-order chi connectivity index (χ1) is 11.8. The Hall–Kier alpha value is -3.14. The lowest BCUT2D eigenvalue weighted by Gasteiger charge is -2.11. The van der Waals surface area contributed by atoms with E-state index in [-0.39, 0.29) is 0 Å². The average Bonchev–Trinajstić information content (AvgIpc) is 3.01. The number of fused-ring (bicyclic) bond motifs is 1. The van der Waals surface area contributed by atoms with Crippen LogP contribution >= 0.6 is 0 Å².